The van der Waals surface area contributed by atoms with Gasteiger partial charge in [-0.15, -0.1) is 0 Å². The molecule has 4 N–H and O–H groups in total. The molecule has 0 spiro atoms. The molecular weight excluding hydrogens is 1310 g/mol. The zero-order valence-electron chi connectivity index (χ0n) is 63.4. The number of aryl methyl sites for hydroxylation is 8. The molecule has 4 aromatic carbocycles. The van der Waals surface area contributed by atoms with Crippen LogP contribution in [0, 0.1) is 27.7 Å². The maximum atomic E-state index is 10.4. The summed E-state index contributed by atoms with van der Waals surface area (Å²) in [6.07, 6.45) is 48.5. The Morgan fingerprint density at radius 3 is 0.553 bits per heavy atom. The van der Waals surface area contributed by atoms with Crippen LogP contribution in [-0.4, -0.2) is 99.0 Å². The summed E-state index contributed by atoms with van der Waals surface area (Å²) in [6.45, 7) is 8.21. The van der Waals surface area contributed by atoms with Crippen molar-refractivity contribution in [3.63, 3.8) is 0 Å². The van der Waals surface area contributed by atoms with E-state index in [4.69, 9.17) is 40.4 Å². The van der Waals surface area contributed by atoms with E-state index in [0.717, 1.165) is 99.8 Å². The number of hydrogen-bond acceptors (Lipinski definition) is 8. The molecule has 0 unspecified atom stereocenters. The van der Waals surface area contributed by atoms with Gasteiger partial charge in [0.1, 0.15) is 0 Å². The Morgan fingerprint density at radius 1 is 0.233 bits per heavy atom. The first-order valence-corrected chi connectivity index (χ1v) is 38.9. The molecule has 103 heavy (non-hydrogen) atoms. The summed E-state index contributed by atoms with van der Waals surface area (Å²) < 4.78 is 0. The molecule has 4 aromatic heterocycles. The minimum Gasteiger partial charge on any atom is -2.00 e. The molecule has 8 rings (SSSR count). The largest absolute Gasteiger partial charge is 3.00 e. The van der Waals surface area contributed by atoms with Crippen LogP contribution in [0.25, 0.3) is 43.6 Å². The molecule has 0 fully saturated rings. The van der Waals surface area contributed by atoms with Crippen molar-refractivity contribution < 1.29 is 45.1 Å². The normalized spacial score (nSPS) is 10.8. The van der Waals surface area contributed by atoms with Crippen LogP contribution in [0.2, 0.25) is 0 Å². The van der Waals surface area contributed by atoms with Crippen molar-refractivity contribution in [2.75, 3.05) is 0 Å². The number of aliphatic carboxylic acids is 4. The fourth-order valence-corrected chi connectivity index (χ4v) is 13.3. The molecule has 15 heteroatoms. The van der Waals surface area contributed by atoms with Gasteiger partial charge in [0.25, 0.3) is 0 Å². The number of hydrogen-bond donors (Lipinski definition) is 4. The zero-order chi connectivity index (χ0) is 71.6. The number of rotatable bonds is 48. The minimum absolute atomic E-state index is 0. The van der Waals surface area contributed by atoms with Gasteiger partial charge in [0.2, 0.25) is 0 Å². The number of carboxylic acids is 4. The van der Waals surface area contributed by atoms with Crippen LogP contribution >= 0.6 is 0 Å². The fraction of sp³-hybridized carbons (Fsp3) is 0.545. The average molecular weight is 1440 g/mol. The van der Waals surface area contributed by atoms with Gasteiger partial charge in [0.15, 0.2) is 0 Å². The van der Waals surface area contributed by atoms with Gasteiger partial charge < -0.3 is 25.9 Å². The van der Waals surface area contributed by atoms with Gasteiger partial charge in [-0.1, -0.05) is 277 Å². The third-order valence-corrected chi connectivity index (χ3v) is 19.1. The van der Waals surface area contributed by atoms with Crippen LogP contribution in [0.15, 0.2) is 121 Å². The van der Waals surface area contributed by atoms with E-state index in [2.05, 4.69) is 149 Å². The number of para-hydroxylation sites is 4. The van der Waals surface area contributed by atoms with Crippen molar-refractivity contribution in [1.82, 2.24) is 19.9 Å². The maximum Gasteiger partial charge on any atom is 3.00 e. The molecule has 8 aromatic rings. The molecule has 0 atom stereocenters. The van der Waals surface area contributed by atoms with E-state index in [9.17, 15) is 19.2 Å². The second kappa shape index (κ2) is 57.7. The Labute approximate surface area is 639 Å². The fourth-order valence-electron chi connectivity index (χ4n) is 13.3. The number of pyridine rings is 4. The van der Waals surface area contributed by atoms with Crippen molar-refractivity contribution in [3.05, 3.63) is 166 Å². The van der Waals surface area contributed by atoms with Gasteiger partial charge in [-0.25, -0.2) is 0 Å². The van der Waals surface area contributed by atoms with Crippen LogP contribution in [0.4, 0.5) is 0 Å². The number of unbranched alkanes of at least 4 members (excludes halogenated alkanes) is 32. The van der Waals surface area contributed by atoms with Gasteiger partial charge in [0, 0.05) is 70.0 Å². The van der Waals surface area contributed by atoms with E-state index >= 15 is 0 Å². The number of benzene rings is 4. The van der Waals surface area contributed by atoms with Crippen molar-refractivity contribution in [3.8, 4) is 0 Å². The average Bonchev–Trinajstić information content (AvgIpc) is 0.849. The summed E-state index contributed by atoms with van der Waals surface area (Å²) in [5.41, 5.74) is 14.5. The summed E-state index contributed by atoms with van der Waals surface area (Å²) in [6, 6.07) is 42.9. The monoisotopic (exact) mass is 1430 g/mol. The first kappa shape index (κ1) is 92.5. The van der Waals surface area contributed by atoms with Crippen molar-refractivity contribution in [2.24, 2.45) is 0 Å². The van der Waals surface area contributed by atoms with Crippen LogP contribution < -0.4 is 0 Å². The molecule has 0 saturated carbocycles. The maximum absolute atomic E-state index is 10.4. The van der Waals surface area contributed by atoms with E-state index in [1.807, 2.05) is 0 Å². The predicted octanol–water partition coefficient (Wildman–Crippen LogP) is 23.4. The second-order valence-electron chi connectivity index (χ2n) is 28.1. The standard InChI is InChI=1S/4C22H31NO2.2Al.O/c4*1-18-16-17-20-14-11-13-19(22(20)23-18)12-9-7-5-3-2-4-6-8-10-15-21(24)25;;;/h4*11,13-14,16-17H,2-10,12,15H2,1H3,(H,24,25);;;/q;;;;2*+3;-2. The quantitative estimate of drug-likeness (QED) is 0.0206. The van der Waals surface area contributed by atoms with Gasteiger partial charge >= 0.3 is 58.6 Å². The third kappa shape index (κ3) is 41.6. The molecule has 0 bridgehead atoms. The van der Waals surface area contributed by atoms with Crippen LogP contribution in [-0.2, 0) is 50.3 Å². The smallest absolute Gasteiger partial charge is 2.00 e. The summed E-state index contributed by atoms with van der Waals surface area (Å²) >= 11 is 0. The second-order valence-corrected chi connectivity index (χ2v) is 28.1. The van der Waals surface area contributed by atoms with Gasteiger partial charge in [-0.2, -0.15) is 0 Å². The Kier molecular flexibility index (Phi) is 51.8. The molecule has 0 radical (unpaired) electrons. The van der Waals surface area contributed by atoms with Gasteiger partial charge in [-0.05, 0) is 151 Å². The number of carbonyl (C=O) groups is 4. The number of carboxylic acid groups (broad SMARTS) is 4. The molecule has 4 heterocycles. The summed E-state index contributed by atoms with van der Waals surface area (Å²) in [5, 5.41) is 39.3. The molecule has 13 nitrogen and oxygen atoms in total. The van der Waals surface area contributed by atoms with Crippen molar-refractivity contribution in [2.45, 2.75) is 310 Å². The van der Waals surface area contributed by atoms with Gasteiger partial charge in [0.05, 0.1) is 22.1 Å². The van der Waals surface area contributed by atoms with E-state index in [1.54, 1.807) is 0 Å². The van der Waals surface area contributed by atoms with Crippen LogP contribution in [0.1, 0.15) is 302 Å². The molecule has 552 valence electrons. The molecule has 0 aliphatic carbocycles. The molecule has 0 saturated heterocycles. The third-order valence-electron chi connectivity index (χ3n) is 19.1. The predicted molar refractivity (Wildman–Crippen MR) is 428 cm³/mol. The van der Waals surface area contributed by atoms with E-state index in [0.29, 0.717) is 25.7 Å². The van der Waals surface area contributed by atoms with Crippen molar-refractivity contribution in [1.29, 1.82) is 0 Å². The molecular formula is C88H124Al2N4O9+4. The topological polar surface area (TPSA) is 229 Å². The first-order valence-electron chi connectivity index (χ1n) is 38.9. The molecule has 0 aliphatic rings. The first-order chi connectivity index (χ1) is 48.7. The minimum atomic E-state index is -0.670. The molecule has 0 amide bonds. The Morgan fingerprint density at radius 2 is 0.388 bits per heavy atom. The number of aromatic nitrogens is 4. The summed E-state index contributed by atoms with van der Waals surface area (Å²) in [7, 11) is 0. The van der Waals surface area contributed by atoms with Crippen LogP contribution in [0.3, 0.4) is 0 Å². The summed E-state index contributed by atoms with van der Waals surface area (Å²) in [4.78, 5) is 60.5. The Hall–Kier alpha value is -6.58. The van der Waals surface area contributed by atoms with Gasteiger partial charge in [-0.3, -0.25) is 39.1 Å². The number of fused-ring (bicyclic) bond motifs is 4. The molecule has 0 aliphatic heterocycles. The van der Waals surface area contributed by atoms with Crippen LogP contribution in [0.5, 0.6) is 0 Å². The van der Waals surface area contributed by atoms with E-state index < -0.39 is 23.9 Å². The van der Waals surface area contributed by atoms with E-state index in [-0.39, 0.29) is 40.2 Å². The summed E-state index contributed by atoms with van der Waals surface area (Å²) in [5.74, 6) is -2.68. The zero-order valence-corrected chi connectivity index (χ0v) is 65.7. The van der Waals surface area contributed by atoms with Crippen molar-refractivity contribution >= 4 is 102 Å². The Balaban J connectivity index is 0.000000462. The van der Waals surface area contributed by atoms with E-state index in [1.165, 1.54) is 246 Å². The SMILES string of the molecule is Cc1ccc2cccc(CCCCCCCCCCCC(=O)O)c2n1.Cc1ccc2cccc(CCCCCCCCCCCC(=O)O)c2n1.Cc1ccc2cccc(CCCCCCCCCCCC(=O)O)c2n1.Cc1ccc2cccc(CCCCCCCCCCCC(=O)O)c2n1.[Al+3].[Al+3].[O-2]. The Bertz CT molecular complexity index is 3150. The number of nitrogens with zero attached hydrogens (tertiary/aromatic N) is 4.